The number of rotatable bonds is 6. The van der Waals surface area contributed by atoms with E-state index in [1.807, 2.05) is 23.3 Å². The fourth-order valence-electron chi connectivity index (χ4n) is 2.68. The van der Waals surface area contributed by atoms with Crippen molar-refractivity contribution in [3.63, 3.8) is 0 Å². The summed E-state index contributed by atoms with van der Waals surface area (Å²) in [5.74, 6) is -0.0741. The fraction of sp³-hybridized carbons (Fsp3) is 0.412. The molecule has 1 saturated heterocycles. The van der Waals surface area contributed by atoms with Crippen LogP contribution in [0.4, 0.5) is 0 Å². The van der Waals surface area contributed by atoms with Gasteiger partial charge in [0.2, 0.25) is 0 Å². The molecule has 1 aliphatic heterocycles. The van der Waals surface area contributed by atoms with Crippen molar-refractivity contribution in [1.82, 2.24) is 19.9 Å². The molecule has 0 saturated carbocycles. The first-order valence-electron chi connectivity index (χ1n) is 7.92. The lowest BCUT2D eigenvalue weighted by Crippen LogP contribution is -2.37. The average molecular weight is 344 g/mol. The maximum absolute atomic E-state index is 12.9. The lowest BCUT2D eigenvalue weighted by Gasteiger charge is -2.25. The van der Waals surface area contributed by atoms with E-state index in [4.69, 9.17) is 4.74 Å². The van der Waals surface area contributed by atoms with Crippen molar-refractivity contribution in [1.29, 1.82) is 0 Å². The first-order chi connectivity index (χ1) is 11.8. The van der Waals surface area contributed by atoms with Gasteiger partial charge < -0.3 is 9.64 Å². The Kier molecular flexibility index (Phi) is 5.77. The molecule has 0 N–H and O–H groups in total. The van der Waals surface area contributed by atoms with Gasteiger partial charge in [0.05, 0.1) is 11.7 Å². The first-order valence-corrected chi connectivity index (χ1v) is 9.14. The minimum atomic E-state index is -0.0741. The van der Waals surface area contributed by atoms with Crippen LogP contribution < -0.4 is 0 Å². The Morgan fingerprint density at radius 3 is 2.71 bits per heavy atom. The second-order valence-corrected chi connectivity index (χ2v) is 6.41. The summed E-state index contributed by atoms with van der Waals surface area (Å²) in [6.45, 7) is 1.87. The summed E-state index contributed by atoms with van der Waals surface area (Å²) in [4.78, 5) is 27.1. The molecule has 0 bridgehead atoms. The van der Waals surface area contributed by atoms with E-state index < -0.39 is 0 Å². The minimum Gasteiger partial charge on any atom is -0.376 e. The Morgan fingerprint density at radius 2 is 2.08 bits per heavy atom. The van der Waals surface area contributed by atoms with E-state index >= 15 is 0 Å². The molecule has 0 unspecified atom stereocenters. The molecule has 2 aromatic heterocycles. The lowest BCUT2D eigenvalue weighted by atomic mass is 10.1. The second kappa shape index (κ2) is 8.21. The van der Waals surface area contributed by atoms with Crippen molar-refractivity contribution in [3.8, 4) is 0 Å². The van der Waals surface area contributed by atoms with Crippen LogP contribution in [0.15, 0.2) is 42.1 Å². The molecule has 3 rings (SSSR count). The summed E-state index contributed by atoms with van der Waals surface area (Å²) in [6, 6.07) is 3.84. The number of pyridine rings is 1. The Morgan fingerprint density at radius 1 is 1.33 bits per heavy atom. The highest BCUT2D eigenvalue weighted by atomic mass is 32.2. The van der Waals surface area contributed by atoms with Crippen molar-refractivity contribution in [2.45, 2.75) is 30.6 Å². The first kappa shape index (κ1) is 16.9. The molecule has 0 aromatic carbocycles. The summed E-state index contributed by atoms with van der Waals surface area (Å²) < 4.78 is 5.70. The molecule has 0 spiro atoms. The van der Waals surface area contributed by atoms with Gasteiger partial charge in [-0.3, -0.25) is 9.78 Å². The molecular formula is C17H20N4O2S. The zero-order valence-electron chi connectivity index (χ0n) is 13.6. The molecule has 126 valence electrons. The van der Waals surface area contributed by atoms with Crippen molar-refractivity contribution >= 4 is 17.7 Å². The Balaban J connectivity index is 1.77. The highest BCUT2D eigenvalue weighted by Gasteiger charge is 2.24. The molecule has 7 heteroatoms. The van der Waals surface area contributed by atoms with Crippen molar-refractivity contribution in [2.75, 3.05) is 19.4 Å². The highest BCUT2D eigenvalue weighted by Crippen LogP contribution is 2.17. The van der Waals surface area contributed by atoms with E-state index in [2.05, 4.69) is 15.0 Å². The van der Waals surface area contributed by atoms with Crippen molar-refractivity contribution < 1.29 is 9.53 Å². The van der Waals surface area contributed by atoms with Gasteiger partial charge in [0.25, 0.3) is 5.91 Å². The summed E-state index contributed by atoms with van der Waals surface area (Å²) in [5, 5.41) is 0.659. The van der Waals surface area contributed by atoms with Gasteiger partial charge in [-0.05, 0) is 36.8 Å². The van der Waals surface area contributed by atoms with Gasteiger partial charge in [0, 0.05) is 44.5 Å². The summed E-state index contributed by atoms with van der Waals surface area (Å²) >= 11 is 1.45. The number of carbonyl (C=O) groups is 1. The van der Waals surface area contributed by atoms with Gasteiger partial charge in [-0.1, -0.05) is 11.8 Å². The summed E-state index contributed by atoms with van der Waals surface area (Å²) in [7, 11) is 0. The van der Waals surface area contributed by atoms with E-state index in [0.29, 0.717) is 23.8 Å². The topological polar surface area (TPSA) is 68.2 Å². The molecule has 0 aliphatic carbocycles. The molecule has 1 aliphatic rings. The summed E-state index contributed by atoms with van der Waals surface area (Å²) in [6.07, 6.45) is 10.7. The van der Waals surface area contributed by atoms with Crippen LogP contribution in [-0.4, -0.2) is 51.3 Å². The smallest absolute Gasteiger partial charge is 0.257 e. The fourth-order valence-corrected chi connectivity index (χ4v) is 2.99. The van der Waals surface area contributed by atoms with Gasteiger partial charge in [-0.25, -0.2) is 9.97 Å². The number of thioether (sulfide) groups is 1. The van der Waals surface area contributed by atoms with Crippen LogP contribution in [0.3, 0.4) is 0 Å². The van der Waals surface area contributed by atoms with Gasteiger partial charge in [-0.2, -0.15) is 0 Å². The van der Waals surface area contributed by atoms with E-state index in [-0.39, 0.29) is 12.0 Å². The van der Waals surface area contributed by atoms with Crippen LogP contribution in [0.5, 0.6) is 0 Å². The monoisotopic (exact) mass is 344 g/mol. The number of nitrogens with zero attached hydrogens (tertiary/aromatic N) is 4. The molecule has 24 heavy (non-hydrogen) atoms. The molecule has 3 heterocycles. The maximum Gasteiger partial charge on any atom is 0.257 e. The van der Waals surface area contributed by atoms with Gasteiger partial charge >= 0.3 is 0 Å². The third-order valence-electron chi connectivity index (χ3n) is 3.92. The Labute approximate surface area is 145 Å². The molecule has 0 radical (unpaired) electrons. The molecule has 2 aromatic rings. The summed E-state index contributed by atoms with van der Waals surface area (Å²) in [5.41, 5.74) is 1.54. The quantitative estimate of drug-likeness (QED) is 0.592. The molecule has 1 amide bonds. The predicted octanol–water partition coefficient (Wildman–Crippen LogP) is 2.41. The van der Waals surface area contributed by atoms with E-state index in [0.717, 1.165) is 25.0 Å². The van der Waals surface area contributed by atoms with Crippen molar-refractivity contribution in [3.05, 3.63) is 48.0 Å². The van der Waals surface area contributed by atoms with Gasteiger partial charge in [0.1, 0.15) is 0 Å². The third-order valence-corrected chi connectivity index (χ3v) is 4.49. The van der Waals surface area contributed by atoms with Gasteiger partial charge in [-0.15, -0.1) is 0 Å². The number of aromatic nitrogens is 3. The number of carbonyl (C=O) groups excluding carboxylic acids is 1. The van der Waals surface area contributed by atoms with Crippen LogP contribution >= 0.6 is 11.8 Å². The number of hydrogen-bond donors (Lipinski definition) is 0. The molecular weight excluding hydrogens is 324 g/mol. The van der Waals surface area contributed by atoms with Crippen molar-refractivity contribution in [2.24, 2.45) is 0 Å². The SMILES string of the molecule is CSc1ncc(C(=O)N(Cc2ccncc2)C[C@H]2CCCO2)cn1. The van der Waals surface area contributed by atoms with E-state index in [1.54, 1.807) is 24.8 Å². The third kappa shape index (κ3) is 4.30. The van der Waals surface area contributed by atoms with Gasteiger partial charge in [0.15, 0.2) is 5.16 Å². The highest BCUT2D eigenvalue weighted by molar-refractivity contribution is 7.98. The molecule has 1 atom stereocenters. The molecule has 1 fully saturated rings. The minimum absolute atomic E-state index is 0.0741. The zero-order valence-corrected chi connectivity index (χ0v) is 14.4. The normalized spacial score (nSPS) is 17.0. The van der Waals surface area contributed by atoms with Crippen LogP contribution in [0.2, 0.25) is 0 Å². The zero-order chi connectivity index (χ0) is 16.8. The van der Waals surface area contributed by atoms with E-state index in [9.17, 15) is 4.79 Å². The largest absolute Gasteiger partial charge is 0.376 e. The van der Waals surface area contributed by atoms with Crippen LogP contribution in [0.1, 0.15) is 28.8 Å². The maximum atomic E-state index is 12.9. The number of hydrogen-bond acceptors (Lipinski definition) is 6. The second-order valence-electron chi connectivity index (χ2n) is 5.63. The lowest BCUT2D eigenvalue weighted by molar-refractivity contribution is 0.0506. The van der Waals surface area contributed by atoms with Crippen LogP contribution in [0, 0.1) is 0 Å². The van der Waals surface area contributed by atoms with Crippen LogP contribution in [0.25, 0.3) is 0 Å². The Hall–Kier alpha value is -1.99. The van der Waals surface area contributed by atoms with E-state index in [1.165, 1.54) is 11.8 Å². The standard InChI is InChI=1S/C17H20N4O2S/c1-24-17-19-9-14(10-20-17)16(22)21(12-15-3-2-8-23-15)11-13-4-6-18-7-5-13/h4-7,9-10,15H,2-3,8,11-12H2,1H3/t15-/m1/s1. The van der Waals surface area contributed by atoms with Crippen LogP contribution in [-0.2, 0) is 11.3 Å². The average Bonchev–Trinajstić information content (AvgIpc) is 3.15. The Bertz CT molecular complexity index is 660. The molecule has 6 nitrogen and oxygen atoms in total. The predicted molar refractivity (Wildman–Crippen MR) is 91.8 cm³/mol. The number of amides is 1. The number of ether oxygens (including phenoxy) is 1.